The fourth-order valence-electron chi connectivity index (χ4n) is 2.61. The maximum atomic E-state index is 12.5. The lowest BCUT2D eigenvalue weighted by molar-refractivity contribution is -0.118. The van der Waals surface area contributed by atoms with Crippen LogP contribution in [0.5, 0.6) is 0 Å². The van der Waals surface area contributed by atoms with E-state index < -0.39 is 0 Å². The van der Waals surface area contributed by atoms with Gasteiger partial charge in [-0.15, -0.1) is 10.2 Å². The van der Waals surface area contributed by atoms with Gasteiger partial charge >= 0.3 is 0 Å². The van der Waals surface area contributed by atoms with Crippen LogP contribution in [0.15, 0.2) is 23.4 Å². The molecule has 1 fully saturated rings. The monoisotopic (exact) mass is 358 g/mol. The van der Waals surface area contributed by atoms with Gasteiger partial charge in [-0.2, -0.15) is 0 Å². The number of amides is 1. The summed E-state index contributed by atoms with van der Waals surface area (Å²) in [5.74, 6) is 1.33. The van der Waals surface area contributed by atoms with E-state index >= 15 is 0 Å². The molecule has 0 spiro atoms. The van der Waals surface area contributed by atoms with Gasteiger partial charge in [-0.1, -0.05) is 23.9 Å². The Morgan fingerprint density at radius 3 is 2.64 bits per heavy atom. The molecular formula is C18H22N4O2S. The predicted octanol–water partition coefficient (Wildman–Crippen LogP) is 2.62. The van der Waals surface area contributed by atoms with E-state index in [9.17, 15) is 9.59 Å². The Hall–Kier alpha value is -2.15. The first kappa shape index (κ1) is 17.7. The van der Waals surface area contributed by atoms with Crippen LogP contribution in [0, 0.1) is 13.8 Å². The highest BCUT2D eigenvalue weighted by Crippen LogP contribution is 2.40. The third kappa shape index (κ3) is 4.28. The van der Waals surface area contributed by atoms with Gasteiger partial charge in [-0.25, -0.2) is 0 Å². The largest absolute Gasteiger partial charge is 0.370 e. The minimum Gasteiger partial charge on any atom is -0.370 e. The lowest BCUT2D eigenvalue weighted by Gasteiger charge is -2.09. The molecule has 0 unspecified atom stereocenters. The molecule has 2 aromatic rings. The first-order valence-electron chi connectivity index (χ1n) is 8.40. The first-order chi connectivity index (χ1) is 12.0. The van der Waals surface area contributed by atoms with Crippen LogP contribution >= 0.6 is 11.8 Å². The Morgan fingerprint density at radius 1 is 1.24 bits per heavy atom. The average molecular weight is 358 g/mol. The molecule has 0 atom stereocenters. The smallest absolute Gasteiger partial charge is 0.219 e. The van der Waals surface area contributed by atoms with Crippen molar-refractivity contribution in [3.63, 3.8) is 0 Å². The van der Waals surface area contributed by atoms with Crippen LogP contribution in [0.4, 0.5) is 0 Å². The van der Waals surface area contributed by atoms with Crippen molar-refractivity contribution in [3.8, 4) is 0 Å². The molecule has 0 saturated heterocycles. The summed E-state index contributed by atoms with van der Waals surface area (Å²) in [5, 5.41) is 9.17. The topological polar surface area (TPSA) is 90.9 Å². The molecule has 1 amide bonds. The molecule has 25 heavy (non-hydrogen) atoms. The number of thioether (sulfide) groups is 1. The number of nitrogens with zero attached hydrogens (tertiary/aromatic N) is 3. The van der Waals surface area contributed by atoms with E-state index in [1.165, 1.54) is 17.3 Å². The summed E-state index contributed by atoms with van der Waals surface area (Å²) in [6.07, 6.45) is 2.44. The van der Waals surface area contributed by atoms with Gasteiger partial charge in [0.2, 0.25) is 5.91 Å². The van der Waals surface area contributed by atoms with Crippen molar-refractivity contribution < 1.29 is 9.59 Å². The summed E-state index contributed by atoms with van der Waals surface area (Å²) in [6.45, 7) is 4.49. The number of ketones is 1. The van der Waals surface area contributed by atoms with E-state index in [0.717, 1.165) is 24.2 Å². The molecule has 2 N–H and O–H groups in total. The van der Waals surface area contributed by atoms with Crippen LogP contribution in [0.3, 0.4) is 0 Å². The second-order valence-corrected chi connectivity index (χ2v) is 7.44. The molecule has 1 heterocycles. The van der Waals surface area contributed by atoms with Gasteiger partial charge in [-0.3, -0.25) is 9.59 Å². The Morgan fingerprint density at radius 2 is 2.00 bits per heavy atom. The van der Waals surface area contributed by atoms with Gasteiger partial charge < -0.3 is 10.3 Å². The lowest BCUT2D eigenvalue weighted by Crippen LogP contribution is -2.16. The number of benzene rings is 1. The van der Waals surface area contributed by atoms with E-state index in [0.29, 0.717) is 28.9 Å². The number of Topliss-reactive ketones (excluding diaryl/α,β-unsaturated/α-hetero) is 1. The van der Waals surface area contributed by atoms with E-state index in [-0.39, 0.29) is 18.1 Å². The second-order valence-electron chi connectivity index (χ2n) is 6.49. The SMILES string of the molecule is Cc1ccc(C(=O)CSc2nnc(C3CC3)n2CCC(N)=O)cc1C. The van der Waals surface area contributed by atoms with E-state index in [2.05, 4.69) is 10.2 Å². The number of nitrogens with two attached hydrogens (primary N) is 1. The quantitative estimate of drug-likeness (QED) is 0.578. The average Bonchev–Trinajstić information content (AvgIpc) is 3.34. The number of aryl methyl sites for hydroxylation is 2. The Labute approximate surface area is 151 Å². The van der Waals surface area contributed by atoms with Crippen LogP contribution in [0.2, 0.25) is 0 Å². The molecule has 1 aromatic carbocycles. The van der Waals surface area contributed by atoms with Crippen LogP contribution in [0.1, 0.15) is 52.5 Å². The van der Waals surface area contributed by atoms with Crippen molar-refractivity contribution in [1.29, 1.82) is 0 Å². The van der Waals surface area contributed by atoms with Crippen molar-refractivity contribution in [2.24, 2.45) is 5.73 Å². The molecule has 3 rings (SSSR count). The normalized spacial score (nSPS) is 13.8. The van der Waals surface area contributed by atoms with Crippen molar-refractivity contribution in [2.45, 2.75) is 50.7 Å². The van der Waals surface area contributed by atoms with Gasteiger partial charge in [0, 0.05) is 24.4 Å². The summed E-state index contributed by atoms with van der Waals surface area (Å²) >= 11 is 1.37. The van der Waals surface area contributed by atoms with Crippen LogP contribution in [-0.4, -0.2) is 32.2 Å². The summed E-state index contributed by atoms with van der Waals surface area (Å²) in [4.78, 5) is 23.6. The third-order valence-electron chi connectivity index (χ3n) is 4.43. The molecule has 7 heteroatoms. The maximum Gasteiger partial charge on any atom is 0.219 e. The fourth-order valence-corrected chi connectivity index (χ4v) is 3.48. The van der Waals surface area contributed by atoms with Crippen molar-refractivity contribution in [3.05, 3.63) is 40.7 Å². The van der Waals surface area contributed by atoms with Crippen molar-refractivity contribution >= 4 is 23.5 Å². The maximum absolute atomic E-state index is 12.5. The zero-order chi connectivity index (χ0) is 18.0. The third-order valence-corrected chi connectivity index (χ3v) is 5.40. The molecule has 1 aromatic heterocycles. The van der Waals surface area contributed by atoms with Gasteiger partial charge in [0.1, 0.15) is 5.82 Å². The lowest BCUT2D eigenvalue weighted by atomic mass is 10.0. The summed E-state index contributed by atoms with van der Waals surface area (Å²) in [5.41, 5.74) is 8.26. The molecule has 1 aliphatic carbocycles. The number of hydrogen-bond donors (Lipinski definition) is 1. The first-order valence-corrected chi connectivity index (χ1v) is 9.39. The Kier molecular flexibility index (Phi) is 5.22. The van der Waals surface area contributed by atoms with Crippen molar-refractivity contribution in [1.82, 2.24) is 14.8 Å². The summed E-state index contributed by atoms with van der Waals surface area (Å²) in [7, 11) is 0. The zero-order valence-electron chi connectivity index (χ0n) is 14.5. The molecule has 132 valence electrons. The van der Waals surface area contributed by atoms with Gasteiger partial charge in [-0.05, 0) is 43.9 Å². The fraction of sp³-hybridized carbons (Fsp3) is 0.444. The van der Waals surface area contributed by atoms with E-state index in [1.54, 1.807) is 0 Å². The van der Waals surface area contributed by atoms with E-state index in [1.807, 2.05) is 36.6 Å². The molecule has 0 bridgehead atoms. The van der Waals surface area contributed by atoms with Gasteiger partial charge in [0.05, 0.1) is 5.75 Å². The highest BCUT2D eigenvalue weighted by Gasteiger charge is 2.30. The minimum absolute atomic E-state index is 0.0607. The molecule has 6 nitrogen and oxygen atoms in total. The number of rotatable bonds is 8. The minimum atomic E-state index is -0.349. The van der Waals surface area contributed by atoms with Crippen LogP contribution in [-0.2, 0) is 11.3 Å². The summed E-state index contributed by atoms with van der Waals surface area (Å²) in [6, 6.07) is 5.75. The zero-order valence-corrected chi connectivity index (χ0v) is 15.3. The second kappa shape index (κ2) is 7.39. The molecular weight excluding hydrogens is 336 g/mol. The van der Waals surface area contributed by atoms with E-state index in [4.69, 9.17) is 5.73 Å². The predicted molar refractivity (Wildman–Crippen MR) is 96.8 cm³/mol. The molecule has 1 saturated carbocycles. The van der Waals surface area contributed by atoms with Gasteiger partial charge in [0.25, 0.3) is 0 Å². The number of aromatic nitrogens is 3. The van der Waals surface area contributed by atoms with Crippen molar-refractivity contribution in [2.75, 3.05) is 5.75 Å². The number of carbonyl (C=O) groups is 2. The molecule has 0 radical (unpaired) electrons. The number of primary amides is 1. The summed E-state index contributed by atoms with van der Waals surface area (Å²) < 4.78 is 1.95. The Balaban J connectivity index is 1.70. The van der Waals surface area contributed by atoms with Gasteiger partial charge in [0.15, 0.2) is 10.9 Å². The number of hydrogen-bond acceptors (Lipinski definition) is 5. The highest BCUT2D eigenvalue weighted by atomic mass is 32.2. The van der Waals surface area contributed by atoms with Crippen LogP contribution < -0.4 is 5.73 Å². The number of carbonyl (C=O) groups excluding carboxylic acids is 2. The highest BCUT2D eigenvalue weighted by molar-refractivity contribution is 7.99. The van der Waals surface area contributed by atoms with Crippen LogP contribution in [0.25, 0.3) is 0 Å². The molecule has 1 aliphatic rings. The standard InChI is InChI=1S/C18H22N4O2S/c1-11-3-4-14(9-12(11)2)15(23)10-25-18-21-20-17(13-5-6-13)22(18)8-7-16(19)24/h3-4,9,13H,5-8,10H2,1-2H3,(H2,19,24). The molecule has 0 aliphatic heterocycles. The Bertz CT molecular complexity index is 811.